The average Bonchev–Trinajstić information content (AvgIpc) is 3.45. The van der Waals surface area contributed by atoms with E-state index in [2.05, 4.69) is 5.32 Å². The summed E-state index contributed by atoms with van der Waals surface area (Å²) in [5, 5.41) is 2.74. The lowest BCUT2D eigenvalue weighted by Gasteiger charge is -2.34. The molecule has 14 heteroatoms. The number of phosphoric ester groups is 1. The molecule has 5 unspecified atom stereocenters. The average molecular weight is 614 g/mol. The molecule has 41 heavy (non-hydrogen) atoms. The monoisotopic (exact) mass is 613 g/mol. The Morgan fingerprint density at radius 3 is 2.46 bits per heavy atom. The second-order valence-electron chi connectivity index (χ2n) is 10.0. The minimum absolute atomic E-state index is 0.000822. The molecule has 0 aliphatic carbocycles. The van der Waals surface area contributed by atoms with Crippen molar-refractivity contribution in [3.63, 3.8) is 0 Å². The van der Waals surface area contributed by atoms with Crippen molar-refractivity contribution in [2.24, 2.45) is 5.92 Å². The van der Waals surface area contributed by atoms with Crippen LogP contribution in [0.3, 0.4) is 0 Å². The molecule has 1 aliphatic rings. The number of carbonyl (C=O) groups excluding carboxylic acids is 1. The molecule has 1 saturated heterocycles. The molecule has 1 heterocycles. The molecule has 0 bridgehead atoms. The van der Waals surface area contributed by atoms with Gasteiger partial charge in [-0.25, -0.2) is 17.8 Å². The predicted molar refractivity (Wildman–Crippen MR) is 154 cm³/mol. The van der Waals surface area contributed by atoms with Gasteiger partial charge in [0.1, 0.15) is 12.2 Å². The number of anilines is 1. The van der Waals surface area contributed by atoms with Gasteiger partial charge < -0.3 is 25.4 Å². The summed E-state index contributed by atoms with van der Waals surface area (Å²) in [4.78, 5) is 23.3. The number of ether oxygens (including phenoxy) is 2. The molecule has 4 N–H and O–H groups in total. The van der Waals surface area contributed by atoms with Crippen molar-refractivity contribution in [2.75, 3.05) is 39.1 Å². The van der Waals surface area contributed by atoms with E-state index in [0.717, 1.165) is 12.7 Å². The van der Waals surface area contributed by atoms with Crippen molar-refractivity contribution in [1.82, 2.24) is 9.62 Å². The standard InChI is InChI=1S/C27H40N3O9PS/c1-4-20(2)17-30(41(34,35)24-12-10-22(28)11-13-24)18-26(39-40(32,33)36-3)25(16-21-8-6-5-7-9-21)29-27(31)38-23-14-15-37-19-23/h5-13,20,23,25-26H,4,14-19,28H2,1-3H3,(H,29,31)(H,32,33). The molecule has 5 atom stereocenters. The van der Waals surface area contributed by atoms with E-state index in [-0.39, 0.29) is 36.9 Å². The Labute approximate surface area is 241 Å². The number of phosphoric acid groups is 1. The molecule has 228 valence electrons. The third kappa shape index (κ3) is 10.1. The van der Waals surface area contributed by atoms with Gasteiger partial charge in [0.25, 0.3) is 0 Å². The molecular formula is C27H40N3O9PS. The SMILES string of the molecule is CCC(C)CN(CC(OP(=O)(O)OC)C(Cc1ccccc1)NC(=O)OC1CCOC1)S(=O)(=O)c1ccc(N)cc1. The third-order valence-corrected chi connectivity index (χ3v) is 9.67. The number of alkyl carbamates (subject to hydrolysis) is 1. The fourth-order valence-electron chi connectivity index (χ4n) is 4.27. The second kappa shape index (κ2) is 15.1. The van der Waals surface area contributed by atoms with E-state index in [1.54, 1.807) is 0 Å². The smallest absolute Gasteiger partial charge is 0.444 e. The van der Waals surface area contributed by atoms with E-state index in [0.29, 0.717) is 25.1 Å². The first kappa shape index (κ1) is 33.0. The number of nitrogens with two attached hydrogens (primary N) is 1. The maximum Gasteiger partial charge on any atom is 0.472 e. The van der Waals surface area contributed by atoms with E-state index in [1.807, 2.05) is 44.2 Å². The lowest BCUT2D eigenvalue weighted by molar-refractivity contribution is 0.0567. The quantitative estimate of drug-likeness (QED) is 0.200. The summed E-state index contributed by atoms with van der Waals surface area (Å²) < 4.78 is 62.6. The van der Waals surface area contributed by atoms with Crippen molar-refractivity contribution in [1.29, 1.82) is 0 Å². The molecule has 1 fully saturated rings. The van der Waals surface area contributed by atoms with Gasteiger partial charge in [-0.15, -0.1) is 0 Å². The number of sulfonamides is 1. The summed E-state index contributed by atoms with van der Waals surface area (Å²) in [5.41, 5.74) is 6.95. The van der Waals surface area contributed by atoms with Crippen LogP contribution in [0.5, 0.6) is 0 Å². The molecule has 0 saturated carbocycles. The first-order valence-corrected chi connectivity index (χ1v) is 16.4. The van der Waals surface area contributed by atoms with Crippen molar-refractivity contribution < 1.29 is 41.2 Å². The zero-order chi connectivity index (χ0) is 30.0. The Bertz CT molecular complexity index is 1260. The summed E-state index contributed by atoms with van der Waals surface area (Å²) >= 11 is 0. The number of amides is 1. The minimum Gasteiger partial charge on any atom is -0.444 e. The van der Waals surface area contributed by atoms with Gasteiger partial charge in [-0.2, -0.15) is 4.31 Å². The van der Waals surface area contributed by atoms with Crippen LogP contribution in [0.1, 0.15) is 32.3 Å². The maximum absolute atomic E-state index is 13.8. The van der Waals surface area contributed by atoms with Gasteiger partial charge in [-0.05, 0) is 42.2 Å². The molecule has 1 aliphatic heterocycles. The van der Waals surface area contributed by atoms with Crippen LogP contribution < -0.4 is 11.1 Å². The highest BCUT2D eigenvalue weighted by Gasteiger charge is 2.38. The van der Waals surface area contributed by atoms with Crippen LogP contribution in [-0.2, 0) is 39.5 Å². The fraction of sp³-hybridized carbons (Fsp3) is 0.519. The Morgan fingerprint density at radius 1 is 1.20 bits per heavy atom. The highest BCUT2D eigenvalue weighted by Crippen LogP contribution is 2.44. The number of nitrogens with one attached hydrogen (secondary N) is 1. The molecule has 12 nitrogen and oxygen atoms in total. The van der Waals surface area contributed by atoms with E-state index in [4.69, 9.17) is 24.3 Å². The molecule has 2 aromatic carbocycles. The van der Waals surface area contributed by atoms with E-state index in [9.17, 15) is 22.7 Å². The van der Waals surface area contributed by atoms with Crippen LogP contribution in [0.2, 0.25) is 0 Å². The normalized spacial score (nSPS) is 19.3. The molecule has 0 spiro atoms. The van der Waals surface area contributed by atoms with Gasteiger partial charge in [0, 0.05) is 32.3 Å². The van der Waals surface area contributed by atoms with Gasteiger partial charge in [0.05, 0.1) is 24.2 Å². The van der Waals surface area contributed by atoms with Gasteiger partial charge in [-0.3, -0.25) is 9.05 Å². The first-order valence-electron chi connectivity index (χ1n) is 13.4. The van der Waals surface area contributed by atoms with Gasteiger partial charge in [0.2, 0.25) is 10.0 Å². The molecule has 2 aromatic rings. The minimum atomic E-state index is -4.64. The zero-order valence-electron chi connectivity index (χ0n) is 23.5. The molecule has 3 rings (SSSR count). The van der Waals surface area contributed by atoms with Crippen molar-refractivity contribution in [3.8, 4) is 0 Å². The van der Waals surface area contributed by atoms with E-state index in [1.165, 1.54) is 28.6 Å². The summed E-state index contributed by atoms with van der Waals surface area (Å²) in [5.74, 6) is -0.0598. The van der Waals surface area contributed by atoms with Crippen LogP contribution in [0.25, 0.3) is 0 Å². The number of carbonyl (C=O) groups is 1. The molecular weight excluding hydrogens is 573 g/mol. The van der Waals surface area contributed by atoms with Crippen molar-refractivity contribution in [3.05, 3.63) is 60.2 Å². The van der Waals surface area contributed by atoms with Gasteiger partial charge >= 0.3 is 13.9 Å². The van der Waals surface area contributed by atoms with Crippen LogP contribution >= 0.6 is 7.82 Å². The summed E-state index contributed by atoms with van der Waals surface area (Å²) in [7, 11) is -7.74. The number of hydrogen-bond acceptors (Lipinski definition) is 9. The topological polar surface area (TPSA) is 167 Å². The number of nitrogens with zero attached hydrogens (tertiary/aromatic N) is 1. The molecule has 0 radical (unpaired) electrons. The van der Waals surface area contributed by atoms with Gasteiger partial charge in [0.15, 0.2) is 0 Å². The van der Waals surface area contributed by atoms with Crippen LogP contribution in [0.15, 0.2) is 59.5 Å². The largest absolute Gasteiger partial charge is 0.472 e. The van der Waals surface area contributed by atoms with Crippen LogP contribution in [0, 0.1) is 5.92 Å². The summed E-state index contributed by atoms with van der Waals surface area (Å²) in [6.07, 6.45) is -1.18. The van der Waals surface area contributed by atoms with Crippen LogP contribution in [0.4, 0.5) is 10.5 Å². The highest BCUT2D eigenvalue weighted by atomic mass is 32.2. The van der Waals surface area contributed by atoms with Crippen LogP contribution in [-0.4, -0.2) is 75.4 Å². The van der Waals surface area contributed by atoms with Crippen molar-refractivity contribution >= 4 is 29.6 Å². The second-order valence-corrected chi connectivity index (χ2v) is 13.5. The zero-order valence-corrected chi connectivity index (χ0v) is 25.3. The number of benzene rings is 2. The Kier molecular flexibility index (Phi) is 12.2. The number of rotatable bonds is 15. The summed E-state index contributed by atoms with van der Waals surface area (Å²) in [6.45, 7) is 4.28. The van der Waals surface area contributed by atoms with Crippen molar-refractivity contribution in [2.45, 2.75) is 56.3 Å². The van der Waals surface area contributed by atoms with E-state index >= 15 is 0 Å². The Morgan fingerprint density at radius 2 is 1.88 bits per heavy atom. The van der Waals surface area contributed by atoms with E-state index < -0.39 is 42.2 Å². The number of hydrogen-bond donors (Lipinski definition) is 3. The maximum atomic E-state index is 13.8. The molecule has 0 aromatic heterocycles. The Hall–Kier alpha value is -2.51. The van der Waals surface area contributed by atoms with Gasteiger partial charge in [-0.1, -0.05) is 50.6 Å². The lowest BCUT2D eigenvalue weighted by Crippen LogP contribution is -2.52. The predicted octanol–water partition coefficient (Wildman–Crippen LogP) is 3.56. The molecule has 1 amide bonds. The fourth-order valence-corrected chi connectivity index (χ4v) is 6.49. The highest BCUT2D eigenvalue weighted by molar-refractivity contribution is 7.89. The number of nitrogen functional groups attached to an aromatic ring is 1. The first-order chi connectivity index (χ1) is 19.4. The third-order valence-electron chi connectivity index (χ3n) is 6.83. The Balaban J connectivity index is 2.00. The summed E-state index contributed by atoms with van der Waals surface area (Å²) in [6, 6.07) is 13.9. The lowest BCUT2D eigenvalue weighted by atomic mass is 10.0.